The standard InChI is InChI=1S/C20H35N5O2S/c1-5-24(6-2)10-9-21-19(26)20(27)22-16(3)18(17-8-7-15-28-17)25-13-11-23(4)12-14-25/h7-8,15-16,18H,5-6,9-14H2,1-4H3,(H,21,26)(H,22,27). The van der Waals surface area contributed by atoms with Gasteiger partial charge in [-0.2, -0.15) is 0 Å². The van der Waals surface area contributed by atoms with Gasteiger partial charge in [0.2, 0.25) is 0 Å². The molecule has 2 heterocycles. The number of likely N-dealkylation sites (N-methyl/N-ethyl adjacent to an activating group) is 2. The second-order valence-corrected chi connectivity index (χ2v) is 8.32. The summed E-state index contributed by atoms with van der Waals surface area (Å²) in [5.41, 5.74) is 0. The predicted octanol–water partition coefficient (Wildman–Crippen LogP) is 0.999. The summed E-state index contributed by atoms with van der Waals surface area (Å²) < 4.78 is 0. The van der Waals surface area contributed by atoms with E-state index in [4.69, 9.17) is 0 Å². The molecule has 28 heavy (non-hydrogen) atoms. The second-order valence-electron chi connectivity index (χ2n) is 7.34. The first-order chi connectivity index (χ1) is 13.5. The van der Waals surface area contributed by atoms with E-state index in [1.807, 2.05) is 13.0 Å². The Bertz CT molecular complexity index is 598. The molecule has 1 aliphatic heterocycles. The zero-order valence-electron chi connectivity index (χ0n) is 17.6. The van der Waals surface area contributed by atoms with Crippen molar-refractivity contribution in [1.29, 1.82) is 0 Å². The zero-order valence-corrected chi connectivity index (χ0v) is 18.4. The summed E-state index contributed by atoms with van der Waals surface area (Å²) in [6, 6.07) is 4.09. The van der Waals surface area contributed by atoms with E-state index in [0.29, 0.717) is 6.54 Å². The zero-order chi connectivity index (χ0) is 20.5. The van der Waals surface area contributed by atoms with Crippen molar-refractivity contribution in [2.75, 3.05) is 59.4 Å². The minimum atomic E-state index is -0.553. The summed E-state index contributed by atoms with van der Waals surface area (Å²) in [6.45, 7) is 13.2. The van der Waals surface area contributed by atoms with Gasteiger partial charge in [-0.15, -0.1) is 11.3 Å². The first-order valence-corrected chi connectivity index (χ1v) is 11.1. The largest absolute Gasteiger partial charge is 0.347 e. The van der Waals surface area contributed by atoms with Crippen LogP contribution in [0, 0.1) is 0 Å². The van der Waals surface area contributed by atoms with Crippen LogP contribution in [0.15, 0.2) is 17.5 Å². The highest BCUT2D eigenvalue weighted by Crippen LogP contribution is 2.29. The van der Waals surface area contributed by atoms with Crippen LogP contribution in [0.2, 0.25) is 0 Å². The molecule has 1 aliphatic rings. The van der Waals surface area contributed by atoms with Gasteiger partial charge in [0, 0.05) is 50.2 Å². The Balaban J connectivity index is 1.92. The number of rotatable bonds is 9. The lowest BCUT2D eigenvalue weighted by Crippen LogP contribution is -2.53. The maximum Gasteiger partial charge on any atom is 0.309 e. The Morgan fingerprint density at radius 3 is 2.43 bits per heavy atom. The van der Waals surface area contributed by atoms with Crippen molar-refractivity contribution in [2.24, 2.45) is 0 Å². The van der Waals surface area contributed by atoms with Crippen LogP contribution in [0.5, 0.6) is 0 Å². The Morgan fingerprint density at radius 1 is 1.18 bits per heavy atom. The normalized spacial score (nSPS) is 18.0. The van der Waals surface area contributed by atoms with Gasteiger partial charge < -0.3 is 20.4 Å². The third-order valence-electron chi connectivity index (χ3n) is 5.41. The molecule has 0 radical (unpaired) electrons. The van der Waals surface area contributed by atoms with Crippen molar-refractivity contribution in [2.45, 2.75) is 32.9 Å². The van der Waals surface area contributed by atoms with E-state index in [-0.39, 0.29) is 12.1 Å². The Kier molecular flexibility index (Phi) is 9.37. The summed E-state index contributed by atoms with van der Waals surface area (Å²) >= 11 is 1.70. The molecule has 2 amide bonds. The number of thiophene rings is 1. The fourth-order valence-corrected chi connectivity index (χ4v) is 4.57. The molecule has 158 valence electrons. The Labute approximate surface area is 173 Å². The minimum absolute atomic E-state index is 0.0844. The average Bonchev–Trinajstić information content (AvgIpc) is 3.21. The van der Waals surface area contributed by atoms with Crippen LogP contribution < -0.4 is 10.6 Å². The first kappa shape index (κ1) is 22.8. The van der Waals surface area contributed by atoms with Crippen molar-refractivity contribution in [3.05, 3.63) is 22.4 Å². The molecule has 7 nitrogen and oxygen atoms in total. The smallest absolute Gasteiger partial charge is 0.309 e. The molecule has 2 rings (SSSR count). The molecule has 2 N–H and O–H groups in total. The fourth-order valence-electron chi connectivity index (χ4n) is 3.60. The van der Waals surface area contributed by atoms with Crippen LogP contribution in [0.4, 0.5) is 0 Å². The fraction of sp³-hybridized carbons (Fsp3) is 0.700. The Hall–Kier alpha value is -1.48. The number of nitrogens with one attached hydrogen (secondary N) is 2. The number of carbonyl (C=O) groups excluding carboxylic acids is 2. The molecule has 1 aromatic heterocycles. The third-order valence-corrected chi connectivity index (χ3v) is 6.36. The second kappa shape index (κ2) is 11.5. The van der Waals surface area contributed by atoms with Gasteiger partial charge in [0.15, 0.2) is 0 Å². The van der Waals surface area contributed by atoms with Crippen molar-refractivity contribution in [3.63, 3.8) is 0 Å². The van der Waals surface area contributed by atoms with Gasteiger partial charge in [-0.3, -0.25) is 14.5 Å². The van der Waals surface area contributed by atoms with E-state index in [1.165, 1.54) is 4.88 Å². The van der Waals surface area contributed by atoms with Gasteiger partial charge in [-0.05, 0) is 38.5 Å². The van der Waals surface area contributed by atoms with E-state index in [0.717, 1.165) is 45.8 Å². The summed E-state index contributed by atoms with van der Waals surface area (Å²) in [4.78, 5) is 32.8. The number of piperazine rings is 1. The molecule has 0 saturated carbocycles. The molecule has 0 aliphatic carbocycles. The quantitative estimate of drug-likeness (QED) is 0.596. The van der Waals surface area contributed by atoms with Gasteiger partial charge in [-0.25, -0.2) is 0 Å². The van der Waals surface area contributed by atoms with Crippen LogP contribution in [0.25, 0.3) is 0 Å². The first-order valence-electron chi connectivity index (χ1n) is 10.2. The van der Waals surface area contributed by atoms with E-state index in [9.17, 15) is 9.59 Å². The van der Waals surface area contributed by atoms with Gasteiger partial charge in [0.05, 0.1) is 6.04 Å². The van der Waals surface area contributed by atoms with Crippen LogP contribution in [-0.4, -0.2) is 92.0 Å². The molecule has 1 aromatic rings. The van der Waals surface area contributed by atoms with E-state index in [1.54, 1.807) is 11.3 Å². The number of carbonyl (C=O) groups is 2. The topological polar surface area (TPSA) is 67.9 Å². The molecule has 2 atom stereocenters. The third kappa shape index (κ3) is 6.55. The molecule has 2 unspecified atom stereocenters. The lowest BCUT2D eigenvalue weighted by molar-refractivity contribution is -0.139. The predicted molar refractivity (Wildman–Crippen MR) is 115 cm³/mol. The Morgan fingerprint density at radius 2 is 1.86 bits per heavy atom. The van der Waals surface area contributed by atoms with Gasteiger partial charge in [0.1, 0.15) is 0 Å². The highest BCUT2D eigenvalue weighted by atomic mass is 32.1. The van der Waals surface area contributed by atoms with Crippen LogP contribution in [-0.2, 0) is 9.59 Å². The lowest BCUT2D eigenvalue weighted by atomic mass is 10.0. The van der Waals surface area contributed by atoms with E-state index in [2.05, 4.69) is 57.7 Å². The summed E-state index contributed by atoms with van der Waals surface area (Å²) in [5.74, 6) is -1.11. The van der Waals surface area contributed by atoms with Crippen LogP contribution >= 0.6 is 11.3 Å². The van der Waals surface area contributed by atoms with Gasteiger partial charge >= 0.3 is 11.8 Å². The van der Waals surface area contributed by atoms with E-state index >= 15 is 0 Å². The molecule has 1 saturated heterocycles. The van der Waals surface area contributed by atoms with Crippen molar-refractivity contribution < 1.29 is 9.59 Å². The van der Waals surface area contributed by atoms with Crippen molar-refractivity contribution in [1.82, 2.24) is 25.3 Å². The molecule has 0 spiro atoms. The number of amides is 2. The van der Waals surface area contributed by atoms with Crippen molar-refractivity contribution in [3.8, 4) is 0 Å². The number of hydrogen-bond acceptors (Lipinski definition) is 6. The highest BCUT2D eigenvalue weighted by Gasteiger charge is 2.31. The summed E-state index contributed by atoms with van der Waals surface area (Å²) in [5, 5.41) is 7.73. The maximum absolute atomic E-state index is 12.4. The SMILES string of the molecule is CCN(CC)CCNC(=O)C(=O)NC(C)C(c1cccs1)N1CCN(C)CC1. The number of hydrogen-bond donors (Lipinski definition) is 2. The number of nitrogens with zero attached hydrogens (tertiary/aromatic N) is 3. The summed E-state index contributed by atoms with van der Waals surface area (Å²) in [6.07, 6.45) is 0. The molecule has 0 aromatic carbocycles. The van der Waals surface area contributed by atoms with Crippen LogP contribution in [0.1, 0.15) is 31.7 Å². The van der Waals surface area contributed by atoms with Crippen LogP contribution in [0.3, 0.4) is 0 Å². The average molecular weight is 410 g/mol. The van der Waals surface area contributed by atoms with E-state index < -0.39 is 11.8 Å². The van der Waals surface area contributed by atoms with Gasteiger partial charge in [-0.1, -0.05) is 19.9 Å². The molecular formula is C20H35N5O2S. The lowest BCUT2D eigenvalue weighted by Gasteiger charge is -2.40. The monoisotopic (exact) mass is 409 g/mol. The molecule has 8 heteroatoms. The van der Waals surface area contributed by atoms with Crippen molar-refractivity contribution >= 4 is 23.2 Å². The maximum atomic E-state index is 12.4. The molecule has 1 fully saturated rings. The molecule has 0 bridgehead atoms. The molecular weight excluding hydrogens is 374 g/mol. The minimum Gasteiger partial charge on any atom is -0.347 e. The van der Waals surface area contributed by atoms with Gasteiger partial charge in [0.25, 0.3) is 0 Å². The highest BCUT2D eigenvalue weighted by molar-refractivity contribution is 7.10. The summed E-state index contributed by atoms with van der Waals surface area (Å²) in [7, 11) is 2.13.